The summed E-state index contributed by atoms with van der Waals surface area (Å²) in [6, 6.07) is -0.403. The molecule has 0 aliphatic carbocycles. The summed E-state index contributed by atoms with van der Waals surface area (Å²) >= 11 is 1.69. The molecular formula is C12H24N2O2S. The van der Waals surface area contributed by atoms with E-state index < -0.39 is 6.04 Å². The Balaban J connectivity index is 4.54. The van der Waals surface area contributed by atoms with E-state index in [-0.39, 0.29) is 11.8 Å². The van der Waals surface area contributed by atoms with Gasteiger partial charge < -0.3 is 10.2 Å². The molecule has 0 saturated carbocycles. The molecule has 0 bridgehead atoms. The highest BCUT2D eigenvalue weighted by atomic mass is 32.2. The molecule has 0 aromatic carbocycles. The molecule has 1 unspecified atom stereocenters. The molecule has 2 amide bonds. The zero-order valence-corrected chi connectivity index (χ0v) is 12.3. The van der Waals surface area contributed by atoms with E-state index >= 15 is 0 Å². The SMILES string of the molecule is CCN(CC)C(=O)C(CSC(C)C)NC(C)=O. The first-order chi connectivity index (χ1) is 7.92. The van der Waals surface area contributed by atoms with Gasteiger partial charge in [0.2, 0.25) is 11.8 Å². The summed E-state index contributed by atoms with van der Waals surface area (Å²) in [6.07, 6.45) is 0. The molecule has 4 nitrogen and oxygen atoms in total. The number of hydrogen-bond donors (Lipinski definition) is 1. The number of carbonyl (C=O) groups excluding carboxylic acids is 2. The Bertz CT molecular complexity index is 253. The van der Waals surface area contributed by atoms with Crippen LogP contribution in [0.5, 0.6) is 0 Å². The summed E-state index contributed by atoms with van der Waals surface area (Å²) in [5.74, 6) is 0.491. The van der Waals surface area contributed by atoms with E-state index in [2.05, 4.69) is 19.2 Å². The fraction of sp³-hybridized carbons (Fsp3) is 0.833. The van der Waals surface area contributed by atoms with Gasteiger partial charge in [-0.05, 0) is 19.1 Å². The summed E-state index contributed by atoms with van der Waals surface area (Å²) in [5, 5.41) is 3.19. The van der Waals surface area contributed by atoms with Crippen molar-refractivity contribution in [3.05, 3.63) is 0 Å². The summed E-state index contributed by atoms with van der Waals surface area (Å²) in [4.78, 5) is 25.0. The maximum atomic E-state index is 12.2. The quantitative estimate of drug-likeness (QED) is 0.754. The number of amides is 2. The van der Waals surface area contributed by atoms with Crippen molar-refractivity contribution >= 4 is 23.6 Å². The van der Waals surface area contributed by atoms with Crippen LogP contribution < -0.4 is 5.32 Å². The van der Waals surface area contributed by atoms with Crippen LogP contribution in [0.1, 0.15) is 34.6 Å². The lowest BCUT2D eigenvalue weighted by molar-refractivity contribution is -0.135. The molecule has 0 aromatic rings. The Hall–Kier alpha value is -0.710. The lowest BCUT2D eigenvalue weighted by Gasteiger charge is -2.25. The van der Waals surface area contributed by atoms with Crippen LogP contribution in [0.2, 0.25) is 0 Å². The second kappa shape index (κ2) is 8.39. The summed E-state index contributed by atoms with van der Waals surface area (Å²) in [5.41, 5.74) is 0. The Morgan fingerprint density at radius 1 is 1.24 bits per heavy atom. The van der Waals surface area contributed by atoms with Gasteiger partial charge in [-0.2, -0.15) is 11.8 Å². The van der Waals surface area contributed by atoms with Gasteiger partial charge in [-0.1, -0.05) is 13.8 Å². The average Bonchev–Trinajstić information content (AvgIpc) is 2.25. The molecule has 1 atom stereocenters. The van der Waals surface area contributed by atoms with Crippen LogP contribution in [0.3, 0.4) is 0 Å². The van der Waals surface area contributed by atoms with Gasteiger partial charge in [0.1, 0.15) is 6.04 Å². The lowest BCUT2D eigenvalue weighted by atomic mass is 10.2. The third-order valence-electron chi connectivity index (χ3n) is 2.35. The topological polar surface area (TPSA) is 49.4 Å². The van der Waals surface area contributed by atoms with Gasteiger partial charge >= 0.3 is 0 Å². The zero-order valence-electron chi connectivity index (χ0n) is 11.4. The number of nitrogens with zero attached hydrogens (tertiary/aromatic N) is 1. The maximum Gasteiger partial charge on any atom is 0.245 e. The van der Waals surface area contributed by atoms with E-state index in [0.717, 1.165) is 0 Å². The van der Waals surface area contributed by atoms with Crippen LogP contribution in [0.25, 0.3) is 0 Å². The van der Waals surface area contributed by atoms with E-state index in [9.17, 15) is 9.59 Å². The van der Waals surface area contributed by atoms with Gasteiger partial charge in [-0.3, -0.25) is 9.59 Å². The van der Waals surface area contributed by atoms with Crippen molar-refractivity contribution in [1.82, 2.24) is 10.2 Å². The normalized spacial score (nSPS) is 12.4. The highest BCUT2D eigenvalue weighted by Gasteiger charge is 2.23. The number of hydrogen-bond acceptors (Lipinski definition) is 3. The van der Waals surface area contributed by atoms with Crippen LogP contribution in [0.15, 0.2) is 0 Å². The molecule has 0 aromatic heterocycles. The molecule has 0 aliphatic rings. The number of rotatable bonds is 7. The molecule has 1 N–H and O–H groups in total. The van der Waals surface area contributed by atoms with Crippen LogP contribution in [0.4, 0.5) is 0 Å². The van der Waals surface area contributed by atoms with Gasteiger partial charge in [0, 0.05) is 25.8 Å². The second-order valence-electron chi connectivity index (χ2n) is 4.15. The Morgan fingerprint density at radius 2 is 1.76 bits per heavy atom. The van der Waals surface area contributed by atoms with Crippen molar-refractivity contribution in [2.75, 3.05) is 18.8 Å². The number of carbonyl (C=O) groups is 2. The number of thioether (sulfide) groups is 1. The molecular weight excluding hydrogens is 236 g/mol. The molecule has 100 valence electrons. The fourth-order valence-corrected chi connectivity index (χ4v) is 2.27. The third-order valence-corrected chi connectivity index (χ3v) is 3.54. The minimum Gasteiger partial charge on any atom is -0.344 e. The minimum atomic E-state index is -0.403. The standard InChI is InChI=1S/C12H24N2O2S/c1-6-14(7-2)12(16)11(13-10(5)15)8-17-9(3)4/h9,11H,6-8H2,1-5H3,(H,13,15). The Labute approximate surface area is 109 Å². The number of nitrogens with one attached hydrogen (secondary N) is 1. The van der Waals surface area contributed by atoms with Crippen molar-refractivity contribution in [3.63, 3.8) is 0 Å². The predicted molar refractivity (Wildman–Crippen MR) is 73.1 cm³/mol. The van der Waals surface area contributed by atoms with Gasteiger partial charge in [-0.25, -0.2) is 0 Å². The van der Waals surface area contributed by atoms with Gasteiger partial charge in [0.05, 0.1) is 0 Å². The molecule has 0 aliphatic heterocycles. The molecule has 17 heavy (non-hydrogen) atoms. The Kier molecular flexibility index (Phi) is 8.04. The molecule has 0 saturated heterocycles. The zero-order chi connectivity index (χ0) is 13.4. The van der Waals surface area contributed by atoms with Crippen molar-refractivity contribution in [2.24, 2.45) is 0 Å². The largest absolute Gasteiger partial charge is 0.344 e. The molecule has 0 fully saturated rings. The minimum absolute atomic E-state index is 0.0124. The van der Waals surface area contributed by atoms with Crippen LogP contribution in [-0.4, -0.2) is 46.8 Å². The summed E-state index contributed by atoms with van der Waals surface area (Å²) in [7, 11) is 0. The second-order valence-corrected chi connectivity index (χ2v) is 5.76. The van der Waals surface area contributed by atoms with E-state index in [0.29, 0.717) is 24.1 Å². The predicted octanol–water partition coefficient (Wildman–Crippen LogP) is 1.50. The summed E-state index contributed by atoms with van der Waals surface area (Å²) < 4.78 is 0. The summed E-state index contributed by atoms with van der Waals surface area (Å²) in [6.45, 7) is 10.9. The monoisotopic (exact) mass is 260 g/mol. The van der Waals surface area contributed by atoms with Crippen molar-refractivity contribution in [3.8, 4) is 0 Å². The van der Waals surface area contributed by atoms with Gasteiger partial charge in [0.15, 0.2) is 0 Å². The van der Waals surface area contributed by atoms with Crippen LogP contribution in [-0.2, 0) is 9.59 Å². The third kappa shape index (κ3) is 6.56. The molecule has 0 spiro atoms. The molecule has 0 heterocycles. The van der Waals surface area contributed by atoms with E-state index in [1.807, 2.05) is 13.8 Å². The first-order valence-corrected chi connectivity index (χ1v) is 7.14. The van der Waals surface area contributed by atoms with E-state index in [1.165, 1.54) is 6.92 Å². The van der Waals surface area contributed by atoms with Crippen molar-refractivity contribution in [1.29, 1.82) is 0 Å². The highest BCUT2D eigenvalue weighted by molar-refractivity contribution is 7.99. The van der Waals surface area contributed by atoms with Crippen LogP contribution in [0, 0.1) is 0 Å². The molecule has 0 rings (SSSR count). The maximum absolute atomic E-state index is 12.2. The smallest absolute Gasteiger partial charge is 0.245 e. The van der Waals surface area contributed by atoms with Gasteiger partial charge in [-0.15, -0.1) is 0 Å². The highest BCUT2D eigenvalue weighted by Crippen LogP contribution is 2.12. The van der Waals surface area contributed by atoms with E-state index in [1.54, 1.807) is 16.7 Å². The first-order valence-electron chi connectivity index (χ1n) is 6.09. The van der Waals surface area contributed by atoms with Crippen molar-refractivity contribution < 1.29 is 9.59 Å². The number of likely N-dealkylation sites (N-methyl/N-ethyl adjacent to an activating group) is 1. The molecule has 0 radical (unpaired) electrons. The van der Waals surface area contributed by atoms with E-state index in [4.69, 9.17) is 0 Å². The van der Waals surface area contributed by atoms with Crippen molar-refractivity contribution in [2.45, 2.75) is 45.9 Å². The Morgan fingerprint density at radius 3 is 2.12 bits per heavy atom. The lowest BCUT2D eigenvalue weighted by Crippen LogP contribution is -2.49. The fourth-order valence-electron chi connectivity index (χ4n) is 1.46. The van der Waals surface area contributed by atoms with Crippen LogP contribution >= 0.6 is 11.8 Å². The average molecular weight is 260 g/mol. The van der Waals surface area contributed by atoms with Gasteiger partial charge in [0.25, 0.3) is 0 Å². The first kappa shape index (κ1) is 16.3. The molecule has 5 heteroatoms.